The van der Waals surface area contributed by atoms with E-state index in [2.05, 4.69) is 15.9 Å². The van der Waals surface area contributed by atoms with Crippen LogP contribution in [0, 0.1) is 5.82 Å². The highest BCUT2D eigenvalue weighted by Gasteiger charge is 2.08. The van der Waals surface area contributed by atoms with Crippen molar-refractivity contribution in [2.45, 2.75) is 6.61 Å². The molecule has 0 unspecified atom stereocenters. The maximum Gasteiger partial charge on any atom is 0.128 e. The van der Waals surface area contributed by atoms with E-state index in [0.717, 1.165) is 11.1 Å². The van der Waals surface area contributed by atoms with E-state index >= 15 is 0 Å². The van der Waals surface area contributed by atoms with Crippen molar-refractivity contribution in [3.8, 4) is 11.5 Å². The zero-order chi connectivity index (χ0) is 15.4. The fourth-order valence-electron chi connectivity index (χ4n) is 1.82. The van der Waals surface area contributed by atoms with Crippen molar-refractivity contribution < 1.29 is 13.9 Å². The molecule has 2 rings (SSSR count). The van der Waals surface area contributed by atoms with E-state index in [0.29, 0.717) is 21.0 Å². The Morgan fingerprint density at radius 3 is 2.67 bits per heavy atom. The first kappa shape index (κ1) is 15.7. The molecule has 0 bridgehead atoms. The lowest BCUT2D eigenvalue weighted by Gasteiger charge is -2.12. The van der Waals surface area contributed by atoms with Gasteiger partial charge in [0.1, 0.15) is 28.9 Å². The van der Waals surface area contributed by atoms with Gasteiger partial charge in [-0.3, -0.25) is 0 Å². The number of benzene rings is 2. The fourth-order valence-corrected chi connectivity index (χ4v) is 2.39. The lowest BCUT2D eigenvalue weighted by atomic mass is 10.1. The van der Waals surface area contributed by atoms with E-state index in [1.165, 1.54) is 12.1 Å². The third-order valence-corrected chi connectivity index (χ3v) is 3.49. The van der Waals surface area contributed by atoms with Gasteiger partial charge in [0.05, 0.1) is 7.11 Å². The van der Waals surface area contributed by atoms with E-state index in [4.69, 9.17) is 27.4 Å². The molecule has 0 amide bonds. The molecule has 0 fully saturated rings. The molecule has 2 N–H and O–H groups in total. The van der Waals surface area contributed by atoms with E-state index in [1.54, 1.807) is 31.4 Å². The van der Waals surface area contributed by atoms with Crippen LogP contribution in [0.25, 0.3) is 0 Å². The zero-order valence-corrected chi connectivity index (χ0v) is 13.6. The second-order valence-electron chi connectivity index (χ2n) is 4.28. The van der Waals surface area contributed by atoms with Crippen LogP contribution in [0.15, 0.2) is 40.9 Å². The molecule has 0 saturated heterocycles. The monoisotopic (exact) mass is 369 g/mol. The van der Waals surface area contributed by atoms with E-state index in [-0.39, 0.29) is 12.4 Å². The lowest BCUT2D eigenvalue weighted by molar-refractivity contribution is 0.295. The van der Waals surface area contributed by atoms with Gasteiger partial charge in [0.25, 0.3) is 0 Å². The topological polar surface area (TPSA) is 44.5 Å². The van der Waals surface area contributed by atoms with Crippen molar-refractivity contribution in [2.24, 2.45) is 5.73 Å². The molecule has 0 aromatic heterocycles. The van der Waals surface area contributed by atoms with Crippen molar-refractivity contribution in [2.75, 3.05) is 7.11 Å². The number of methoxy groups -OCH3 is 1. The minimum atomic E-state index is -0.372. The Morgan fingerprint density at radius 1 is 1.29 bits per heavy atom. The molecule has 0 heterocycles. The Kier molecular flexibility index (Phi) is 5.14. The summed E-state index contributed by atoms with van der Waals surface area (Å²) in [4.78, 5) is 0.299. The summed E-state index contributed by atoms with van der Waals surface area (Å²) in [5.41, 5.74) is 7.12. The van der Waals surface area contributed by atoms with Crippen LogP contribution in [0.4, 0.5) is 4.39 Å². The quantitative estimate of drug-likeness (QED) is 0.813. The lowest BCUT2D eigenvalue weighted by Crippen LogP contribution is -2.10. The average molecular weight is 370 g/mol. The molecule has 110 valence electrons. The van der Waals surface area contributed by atoms with Gasteiger partial charge in [-0.25, -0.2) is 4.39 Å². The van der Waals surface area contributed by atoms with Crippen LogP contribution in [-0.2, 0) is 6.61 Å². The highest BCUT2D eigenvalue weighted by molar-refractivity contribution is 9.10. The number of nitrogens with two attached hydrogens (primary N) is 1. The Labute approximate surface area is 136 Å². The van der Waals surface area contributed by atoms with Gasteiger partial charge in [-0.2, -0.15) is 0 Å². The first-order valence-corrected chi connectivity index (χ1v) is 7.25. The van der Waals surface area contributed by atoms with Gasteiger partial charge in [-0.05, 0) is 30.3 Å². The predicted molar refractivity (Wildman–Crippen MR) is 87.3 cm³/mol. The van der Waals surface area contributed by atoms with E-state index in [9.17, 15) is 4.39 Å². The fraction of sp³-hybridized carbons (Fsp3) is 0.133. The Hall–Kier alpha value is -1.66. The van der Waals surface area contributed by atoms with Gasteiger partial charge in [0.15, 0.2) is 0 Å². The molecule has 0 saturated carbocycles. The molecule has 6 heteroatoms. The van der Waals surface area contributed by atoms with Crippen LogP contribution in [0.3, 0.4) is 0 Å². The average Bonchev–Trinajstić information content (AvgIpc) is 2.43. The Morgan fingerprint density at radius 2 is 2.05 bits per heavy atom. The minimum absolute atomic E-state index is 0.218. The molecule has 2 aromatic rings. The van der Waals surface area contributed by atoms with Crippen LogP contribution in [-0.4, -0.2) is 12.1 Å². The molecule has 0 aliphatic rings. The van der Waals surface area contributed by atoms with E-state index < -0.39 is 0 Å². The first-order valence-electron chi connectivity index (χ1n) is 6.05. The summed E-state index contributed by atoms with van der Waals surface area (Å²) >= 11 is 8.17. The largest absolute Gasteiger partial charge is 0.496 e. The van der Waals surface area contributed by atoms with Crippen molar-refractivity contribution in [3.63, 3.8) is 0 Å². The van der Waals surface area contributed by atoms with Gasteiger partial charge in [-0.1, -0.05) is 28.1 Å². The SMILES string of the molecule is COc1ccc(C(N)=S)cc1COc1cc(F)cc(Br)c1. The third-order valence-electron chi connectivity index (χ3n) is 2.80. The van der Waals surface area contributed by atoms with Crippen molar-refractivity contribution >= 4 is 33.1 Å². The Bertz CT molecular complexity index is 658. The van der Waals surface area contributed by atoms with Gasteiger partial charge in [0, 0.05) is 21.7 Å². The molecule has 0 spiro atoms. The van der Waals surface area contributed by atoms with Crippen molar-refractivity contribution in [1.82, 2.24) is 0 Å². The first-order chi connectivity index (χ1) is 9.99. The number of thiocarbonyl (C=S) groups is 1. The number of hydrogen-bond donors (Lipinski definition) is 1. The number of hydrogen-bond acceptors (Lipinski definition) is 3. The molecular weight excluding hydrogens is 357 g/mol. The highest BCUT2D eigenvalue weighted by Crippen LogP contribution is 2.25. The van der Waals surface area contributed by atoms with Gasteiger partial charge in [0.2, 0.25) is 0 Å². The van der Waals surface area contributed by atoms with E-state index in [1.807, 2.05) is 0 Å². The summed E-state index contributed by atoms with van der Waals surface area (Å²) in [5, 5.41) is 0. The summed E-state index contributed by atoms with van der Waals surface area (Å²) in [6.07, 6.45) is 0. The zero-order valence-electron chi connectivity index (χ0n) is 11.2. The normalized spacial score (nSPS) is 10.2. The number of ether oxygens (including phenoxy) is 2. The summed E-state index contributed by atoms with van der Waals surface area (Å²) in [7, 11) is 1.57. The predicted octanol–water partition coefficient (Wildman–Crippen LogP) is 3.81. The van der Waals surface area contributed by atoms with Gasteiger partial charge < -0.3 is 15.2 Å². The van der Waals surface area contributed by atoms with Crippen LogP contribution in [0.5, 0.6) is 11.5 Å². The number of rotatable bonds is 5. The van der Waals surface area contributed by atoms with Crippen LogP contribution < -0.4 is 15.2 Å². The summed E-state index contributed by atoms with van der Waals surface area (Å²) in [5.74, 6) is 0.707. The molecule has 2 aromatic carbocycles. The van der Waals surface area contributed by atoms with Crippen molar-refractivity contribution in [1.29, 1.82) is 0 Å². The number of halogens is 2. The molecule has 0 atom stereocenters. The molecule has 3 nitrogen and oxygen atoms in total. The maximum absolute atomic E-state index is 13.3. The van der Waals surface area contributed by atoms with Crippen LogP contribution in [0.1, 0.15) is 11.1 Å². The smallest absolute Gasteiger partial charge is 0.128 e. The third kappa shape index (κ3) is 4.15. The van der Waals surface area contributed by atoms with Crippen LogP contribution in [0.2, 0.25) is 0 Å². The van der Waals surface area contributed by atoms with Crippen molar-refractivity contribution in [3.05, 3.63) is 57.8 Å². The second kappa shape index (κ2) is 6.87. The molecule has 0 radical (unpaired) electrons. The van der Waals surface area contributed by atoms with Gasteiger partial charge >= 0.3 is 0 Å². The highest BCUT2D eigenvalue weighted by atomic mass is 79.9. The van der Waals surface area contributed by atoms with Gasteiger partial charge in [-0.15, -0.1) is 0 Å². The summed E-state index contributed by atoms with van der Waals surface area (Å²) in [6.45, 7) is 0.218. The molecular formula is C15H13BrFNO2S. The Balaban J connectivity index is 2.21. The summed E-state index contributed by atoms with van der Waals surface area (Å²) < 4.78 is 24.8. The second-order valence-corrected chi connectivity index (χ2v) is 5.64. The molecule has 0 aliphatic heterocycles. The standard InChI is InChI=1S/C15H13BrFNO2S/c1-19-14-3-2-9(15(18)21)4-10(14)8-20-13-6-11(16)5-12(17)7-13/h2-7H,8H2,1H3,(H2,18,21). The summed E-state index contributed by atoms with van der Waals surface area (Å²) in [6, 6.07) is 9.72. The minimum Gasteiger partial charge on any atom is -0.496 e. The molecule has 0 aliphatic carbocycles. The maximum atomic E-state index is 13.3. The van der Waals surface area contributed by atoms with Crippen LogP contribution >= 0.6 is 28.1 Å². The molecule has 21 heavy (non-hydrogen) atoms.